The van der Waals surface area contributed by atoms with Gasteiger partial charge in [-0.2, -0.15) is 5.10 Å². The molecule has 0 aliphatic heterocycles. The standard InChI is InChI=1S/C16H24N2O3/c1-11(16(2,3)4)17-18-15(19)10-12-7-8-13(20-5)14(9-12)21-6/h7-9H,10H2,1-6H3,(H,18,19)/b17-11-. The van der Waals surface area contributed by atoms with Crippen LogP contribution in [0.15, 0.2) is 23.3 Å². The molecule has 0 atom stereocenters. The topological polar surface area (TPSA) is 59.9 Å². The average Bonchev–Trinajstić information content (AvgIpc) is 2.43. The van der Waals surface area contributed by atoms with Gasteiger partial charge < -0.3 is 9.47 Å². The zero-order valence-electron chi connectivity index (χ0n) is 13.6. The smallest absolute Gasteiger partial charge is 0.244 e. The number of hydrazone groups is 1. The van der Waals surface area contributed by atoms with Crippen molar-refractivity contribution >= 4 is 11.6 Å². The van der Waals surface area contributed by atoms with Crippen molar-refractivity contribution in [2.45, 2.75) is 34.1 Å². The van der Waals surface area contributed by atoms with E-state index < -0.39 is 0 Å². The molecule has 0 aromatic heterocycles. The predicted molar refractivity (Wildman–Crippen MR) is 84.0 cm³/mol. The Balaban J connectivity index is 2.72. The number of benzene rings is 1. The second-order valence-electron chi connectivity index (χ2n) is 5.85. The zero-order chi connectivity index (χ0) is 16.0. The Labute approximate surface area is 126 Å². The summed E-state index contributed by atoms with van der Waals surface area (Å²) in [5.41, 5.74) is 4.24. The van der Waals surface area contributed by atoms with Gasteiger partial charge >= 0.3 is 0 Å². The third-order valence-electron chi connectivity index (χ3n) is 3.25. The fourth-order valence-corrected chi connectivity index (χ4v) is 1.53. The van der Waals surface area contributed by atoms with Gasteiger partial charge in [-0.3, -0.25) is 4.79 Å². The Bertz CT molecular complexity index is 531. The van der Waals surface area contributed by atoms with Crippen LogP contribution in [0.4, 0.5) is 0 Å². The van der Waals surface area contributed by atoms with E-state index in [1.807, 2.05) is 33.8 Å². The molecule has 0 fully saturated rings. The highest BCUT2D eigenvalue weighted by atomic mass is 16.5. The van der Waals surface area contributed by atoms with Crippen LogP contribution in [0.3, 0.4) is 0 Å². The van der Waals surface area contributed by atoms with Gasteiger partial charge in [-0.1, -0.05) is 26.8 Å². The monoisotopic (exact) mass is 292 g/mol. The number of hydrogen-bond acceptors (Lipinski definition) is 4. The number of hydrogen-bond donors (Lipinski definition) is 1. The second-order valence-corrected chi connectivity index (χ2v) is 5.85. The molecule has 0 saturated carbocycles. The summed E-state index contributed by atoms with van der Waals surface area (Å²) in [4.78, 5) is 11.9. The van der Waals surface area contributed by atoms with Crippen LogP contribution in [-0.4, -0.2) is 25.8 Å². The third-order valence-corrected chi connectivity index (χ3v) is 3.25. The van der Waals surface area contributed by atoms with E-state index >= 15 is 0 Å². The van der Waals surface area contributed by atoms with E-state index in [4.69, 9.17) is 9.47 Å². The molecule has 0 aliphatic rings. The number of nitrogens with zero attached hydrogens (tertiary/aromatic N) is 1. The maximum absolute atomic E-state index is 11.9. The molecule has 0 bridgehead atoms. The number of amides is 1. The van der Waals surface area contributed by atoms with Crippen molar-refractivity contribution in [1.29, 1.82) is 0 Å². The number of nitrogens with one attached hydrogen (secondary N) is 1. The molecule has 1 aromatic carbocycles. The molecule has 116 valence electrons. The van der Waals surface area contributed by atoms with E-state index in [-0.39, 0.29) is 17.7 Å². The molecule has 0 saturated heterocycles. The van der Waals surface area contributed by atoms with Gasteiger partial charge in [0.05, 0.1) is 20.6 Å². The first-order valence-corrected chi connectivity index (χ1v) is 6.82. The van der Waals surface area contributed by atoms with Crippen LogP contribution in [0, 0.1) is 5.41 Å². The van der Waals surface area contributed by atoms with Crippen LogP contribution in [0.2, 0.25) is 0 Å². The first-order chi connectivity index (χ1) is 9.77. The maximum atomic E-state index is 11.9. The van der Waals surface area contributed by atoms with Gasteiger partial charge in [0.25, 0.3) is 0 Å². The summed E-state index contributed by atoms with van der Waals surface area (Å²) in [5, 5.41) is 4.13. The minimum Gasteiger partial charge on any atom is -0.493 e. The van der Waals surface area contributed by atoms with E-state index in [1.165, 1.54) is 0 Å². The Hall–Kier alpha value is -2.04. The van der Waals surface area contributed by atoms with E-state index in [1.54, 1.807) is 26.4 Å². The number of methoxy groups -OCH3 is 2. The lowest BCUT2D eigenvalue weighted by Crippen LogP contribution is -2.25. The third kappa shape index (κ3) is 5.10. The van der Waals surface area contributed by atoms with Crippen LogP contribution in [0.1, 0.15) is 33.3 Å². The summed E-state index contributed by atoms with van der Waals surface area (Å²) in [6.07, 6.45) is 0.237. The van der Waals surface area contributed by atoms with E-state index in [0.29, 0.717) is 11.5 Å². The fraction of sp³-hybridized carbons (Fsp3) is 0.500. The lowest BCUT2D eigenvalue weighted by atomic mass is 9.91. The summed E-state index contributed by atoms with van der Waals surface area (Å²) >= 11 is 0. The number of ether oxygens (including phenoxy) is 2. The maximum Gasteiger partial charge on any atom is 0.244 e. The molecule has 1 amide bonds. The van der Waals surface area contributed by atoms with Crippen molar-refractivity contribution in [3.05, 3.63) is 23.8 Å². The molecule has 0 spiro atoms. The molecule has 1 rings (SSSR count). The van der Waals surface area contributed by atoms with Gasteiger partial charge in [-0.15, -0.1) is 0 Å². The highest BCUT2D eigenvalue weighted by Crippen LogP contribution is 2.27. The molecule has 0 radical (unpaired) electrons. The van der Waals surface area contributed by atoms with Gasteiger partial charge in [-0.05, 0) is 24.6 Å². The highest BCUT2D eigenvalue weighted by Gasteiger charge is 2.15. The zero-order valence-corrected chi connectivity index (χ0v) is 13.6. The quantitative estimate of drug-likeness (QED) is 0.670. The molecule has 1 aromatic rings. The Morgan fingerprint density at radius 2 is 1.81 bits per heavy atom. The molecule has 0 heterocycles. The number of rotatable bonds is 5. The van der Waals surface area contributed by atoms with Gasteiger partial charge in [0.2, 0.25) is 5.91 Å². The molecular weight excluding hydrogens is 268 g/mol. The van der Waals surface area contributed by atoms with Gasteiger partial charge in [0.1, 0.15) is 0 Å². The molecule has 1 N–H and O–H groups in total. The van der Waals surface area contributed by atoms with Gasteiger partial charge in [0, 0.05) is 11.1 Å². The van der Waals surface area contributed by atoms with Crippen molar-refractivity contribution in [2.75, 3.05) is 14.2 Å². The summed E-state index contributed by atoms with van der Waals surface area (Å²) in [5.74, 6) is 1.09. The lowest BCUT2D eigenvalue weighted by molar-refractivity contribution is -0.120. The largest absolute Gasteiger partial charge is 0.493 e. The first-order valence-electron chi connectivity index (χ1n) is 6.82. The van der Waals surface area contributed by atoms with Crippen molar-refractivity contribution < 1.29 is 14.3 Å². The molecule has 0 unspecified atom stereocenters. The van der Waals surface area contributed by atoms with E-state index in [0.717, 1.165) is 11.3 Å². The Morgan fingerprint density at radius 3 is 2.33 bits per heavy atom. The van der Waals surface area contributed by atoms with E-state index in [9.17, 15) is 4.79 Å². The first kappa shape index (κ1) is 17.0. The van der Waals surface area contributed by atoms with Gasteiger partial charge in [0.15, 0.2) is 11.5 Å². The van der Waals surface area contributed by atoms with Crippen LogP contribution >= 0.6 is 0 Å². The van der Waals surface area contributed by atoms with Crippen molar-refractivity contribution in [3.63, 3.8) is 0 Å². The van der Waals surface area contributed by atoms with Crippen molar-refractivity contribution in [1.82, 2.24) is 5.43 Å². The van der Waals surface area contributed by atoms with Crippen LogP contribution < -0.4 is 14.9 Å². The van der Waals surface area contributed by atoms with Gasteiger partial charge in [-0.25, -0.2) is 5.43 Å². The van der Waals surface area contributed by atoms with Crippen LogP contribution in [-0.2, 0) is 11.2 Å². The molecule has 5 nitrogen and oxygen atoms in total. The fourth-order valence-electron chi connectivity index (χ4n) is 1.53. The number of carbonyl (C=O) groups is 1. The highest BCUT2D eigenvalue weighted by molar-refractivity contribution is 5.88. The molecule has 5 heteroatoms. The normalized spacial score (nSPS) is 12.0. The summed E-state index contributed by atoms with van der Waals surface area (Å²) in [7, 11) is 3.15. The van der Waals surface area contributed by atoms with Crippen LogP contribution in [0.5, 0.6) is 11.5 Å². The summed E-state index contributed by atoms with van der Waals surface area (Å²) in [6.45, 7) is 8.04. The minimum atomic E-state index is -0.161. The molecule has 21 heavy (non-hydrogen) atoms. The Kier molecular flexibility index (Phi) is 5.76. The molecule has 0 aliphatic carbocycles. The summed E-state index contributed by atoms with van der Waals surface area (Å²) < 4.78 is 10.4. The Morgan fingerprint density at radius 1 is 1.19 bits per heavy atom. The summed E-state index contributed by atoms with van der Waals surface area (Å²) in [6, 6.07) is 5.41. The second kappa shape index (κ2) is 7.11. The number of carbonyl (C=O) groups excluding carboxylic acids is 1. The SMILES string of the molecule is COc1ccc(CC(=O)N/N=C(/C)C(C)(C)C)cc1OC. The average molecular weight is 292 g/mol. The van der Waals surface area contributed by atoms with Crippen molar-refractivity contribution in [3.8, 4) is 11.5 Å². The minimum absolute atomic E-state index is 0.0589. The van der Waals surface area contributed by atoms with Crippen molar-refractivity contribution in [2.24, 2.45) is 10.5 Å². The van der Waals surface area contributed by atoms with E-state index in [2.05, 4.69) is 10.5 Å². The van der Waals surface area contributed by atoms with Crippen LogP contribution in [0.25, 0.3) is 0 Å². The predicted octanol–water partition coefficient (Wildman–Crippen LogP) is 2.78. The lowest BCUT2D eigenvalue weighted by Gasteiger charge is -2.17. The molecular formula is C16H24N2O3.